The van der Waals surface area contributed by atoms with E-state index in [2.05, 4.69) is 46.3 Å². The van der Waals surface area contributed by atoms with Gasteiger partial charge in [0.15, 0.2) is 5.96 Å². The van der Waals surface area contributed by atoms with Gasteiger partial charge in [0, 0.05) is 43.7 Å². The van der Waals surface area contributed by atoms with Crippen molar-refractivity contribution in [3.8, 4) is 0 Å². The third kappa shape index (κ3) is 7.22. The van der Waals surface area contributed by atoms with Crippen LogP contribution < -0.4 is 10.6 Å². The Morgan fingerprint density at radius 1 is 1.21 bits per heavy atom. The SMILES string of the molecule is CN=C(NCCCN1CCCN(C)CC1)NCC(C)(C)c1ccc(F)cc1Cl. The molecule has 0 radical (unpaired) electrons. The van der Waals surface area contributed by atoms with E-state index in [1.165, 1.54) is 31.6 Å². The third-order valence-electron chi connectivity index (χ3n) is 5.34. The van der Waals surface area contributed by atoms with Crippen LogP contribution in [0, 0.1) is 5.82 Å². The van der Waals surface area contributed by atoms with Gasteiger partial charge >= 0.3 is 0 Å². The number of rotatable bonds is 7. The molecule has 0 aromatic heterocycles. The maximum absolute atomic E-state index is 13.3. The molecule has 5 nitrogen and oxygen atoms in total. The monoisotopic (exact) mass is 411 g/mol. The summed E-state index contributed by atoms with van der Waals surface area (Å²) < 4.78 is 13.3. The Morgan fingerprint density at radius 3 is 2.71 bits per heavy atom. The number of hydrogen-bond donors (Lipinski definition) is 2. The molecule has 2 N–H and O–H groups in total. The molecule has 0 amide bonds. The molecular formula is C21H35ClFN5. The van der Waals surface area contributed by atoms with Crippen LogP contribution in [0.2, 0.25) is 5.02 Å². The molecule has 158 valence electrons. The summed E-state index contributed by atoms with van der Waals surface area (Å²) in [6, 6.07) is 4.58. The average molecular weight is 412 g/mol. The smallest absolute Gasteiger partial charge is 0.191 e. The summed E-state index contributed by atoms with van der Waals surface area (Å²) >= 11 is 6.24. The summed E-state index contributed by atoms with van der Waals surface area (Å²) in [7, 11) is 3.97. The van der Waals surface area contributed by atoms with Crippen molar-refractivity contribution in [1.82, 2.24) is 20.4 Å². The fourth-order valence-corrected chi connectivity index (χ4v) is 3.91. The first kappa shape index (κ1) is 22.9. The lowest BCUT2D eigenvalue weighted by Crippen LogP contribution is -2.44. The molecule has 0 saturated carbocycles. The van der Waals surface area contributed by atoms with Crippen LogP contribution in [0.5, 0.6) is 0 Å². The molecule has 7 heteroatoms. The normalized spacial score (nSPS) is 17.4. The highest BCUT2D eigenvalue weighted by atomic mass is 35.5. The van der Waals surface area contributed by atoms with E-state index in [-0.39, 0.29) is 11.2 Å². The standard InChI is InChI=1S/C21H35ClFN5/c1-21(2,18-8-7-17(23)15-19(18)22)16-26-20(24-3)25-9-5-11-28-12-6-10-27(4)13-14-28/h7-8,15H,5-6,9-14,16H2,1-4H3,(H2,24,25,26). The van der Waals surface area contributed by atoms with Gasteiger partial charge < -0.3 is 20.4 Å². The molecule has 1 fully saturated rings. The van der Waals surface area contributed by atoms with Crippen molar-refractivity contribution in [3.05, 3.63) is 34.6 Å². The molecule has 1 heterocycles. The topological polar surface area (TPSA) is 42.9 Å². The van der Waals surface area contributed by atoms with Gasteiger partial charge in [-0.15, -0.1) is 0 Å². The molecule has 1 aromatic carbocycles. The van der Waals surface area contributed by atoms with E-state index >= 15 is 0 Å². The van der Waals surface area contributed by atoms with Crippen LogP contribution in [-0.2, 0) is 5.41 Å². The van der Waals surface area contributed by atoms with Gasteiger partial charge in [0.05, 0.1) is 0 Å². The lowest BCUT2D eigenvalue weighted by Gasteiger charge is -2.28. The largest absolute Gasteiger partial charge is 0.356 e. The summed E-state index contributed by atoms with van der Waals surface area (Å²) in [5, 5.41) is 7.22. The minimum Gasteiger partial charge on any atom is -0.356 e. The lowest BCUT2D eigenvalue weighted by atomic mass is 9.84. The molecule has 28 heavy (non-hydrogen) atoms. The first-order valence-electron chi connectivity index (χ1n) is 10.1. The van der Waals surface area contributed by atoms with E-state index in [4.69, 9.17) is 11.6 Å². The van der Waals surface area contributed by atoms with E-state index in [1.54, 1.807) is 13.1 Å². The highest BCUT2D eigenvalue weighted by molar-refractivity contribution is 6.31. The number of hydrogen-bond acceptors (Lipinski definition) is 3. The molecule has 1 saturated heterocycles. The van der Waals surface area contributed by atoms with Gasteiger partial charge in [0.1, 0.15) is 5.82 Å². The molecular weight excluding hydrogens is 377 g/mol. The van der Waals surface area contributed by atoms with Crippen molar-refractivity contribution in [3.63, 3.8) is 0 Å². The second-order valence-electron chi connectivity index (χ2n) is 8.21. The second-order valence-corrected chi connectivity index (χ2v) is 8.62. The van der Waals surface area contributed by atoms with Crippen molar-refractivity contribution in [2.45, 2.75) is 32.1 Å². The van der Waals surface area contributed by atoms with Crippen LogP contribution in [0.15, 0.2) is 23.2 Å². The Morgan fingerprint density at radius 2 is 2.00 bits per heavy atom. The maximum Gasteiger partial charge on any atom is 0.191 e. The van der Waals surface area contributed by atoms with Crippen molar-refractivity contribution in [1.29, 1.82) is 0 Å². The van der Waals surface area contributed by atoms with Gasteiger partial charge in [-0.2, -0.15) is 0 Å². The fraction of sp³-hybridized carbons (Fsp3) is 0.667. The minimum atomic E-state index is -0.314. The Balaban J connectivity index is 1.74. The van der Waals surface area contributed by atoms with E-state index in [0.29, 0.717) is 11.6 Å². The minimum absolute atomic E-state index is 0.250. The van der Waals surface area contributed by atoms with E-state index in [1.807, 2.05) is 0 Å². The third-order valence-corrected chi connectivity index (χ3v) is 5.65. The molecule has 0 aliphatic carbocycles. The zero-order chi connectivity index (χ0) is 20.6. The van der Waals surface area contributed by atoms with Crippen molar-refractivity contribution in [2.75, 3.05) is 59.9 Å². The Hall–Kier alpha value is -1.37. The lowest BCUT2D eigenvalue weighted by molar-refractivity contribution is 0.274. The van der Waals surface area contributed by atoms with Gasteiger partial charge in [-0.25, -0.2) is 4.39 Å². The summed E-state index contributed by atoms with van der Waals surface area (Å²) in [5.41, 5.74) is 0.671. The number of nitrogens with zero attached hydrogens (tertiary/aromatic N) is 3. The van der Waals surface area contributed by atoms with Gasteiger partial charge in [0.2, 0.25) is 0 Å². The number of benzene rings is 1. The summed E-state index contributed by atoms with van der Waals surface area (Å²) in [5.74, 6) is 0.466. The Bertz CT molecular complexity index is 650. The number of guanidine groups is 1. The van der Waals surface area contributed by atoms with Gasteiger partial charge in [-0.05, 0) is 57.2 Å². The quantitative estimate of drug-likeness (QED) is 0.411. The molecule has 0 bridgehead atoms. The maximum atomic E-state index is 13.3. The van der Waals surface area contributed by atoms with Crippen molar-refractivity contribution >= 4 is 17.6 Å². The molecule has 1 aliphatic rings. The van der Waals surface area contributed by atoms with E-state index in [9.17, 15) is 4.39 Å². The van der Waals surface area contributed by atoms with Crippen molar-refractivity contribution < 1.29 is 4.39 Å². The van der Waals surface area contributed by atoms with Crippen LogP contribution in [0.4, 0.5) is 4.39 Å². The number of halogens is 2. The van der Waals surface area contributed by atoms with E-state index in [0.717, 1.165) is 44.1 Å². The number of aliphatic imine (C=N–C) groups is 1. The Labute approximate surface area is 174 Å². The molecule has 0 unspecified atom stereocenters. The summed E-state index contributed by atoms with van der Waals surface area (Å²) in [6.07, 6.45) is 2.33. The molecule has 1 aromatic rings. The van der Waals surface area contributed by atoms with Crippen LogP contribution in [0.25, 0.3) is 0 Å². The summed E-state index contributed by atoms with van der Waals surface area (Å²) in [6.45, 7) is 11.5. The highest BCUT2D eigenvalue weighted by Crippen LogP contribution is 2.29. The van der Waals surface area contributed by atoms with Crippen LogP contribution in [-0.4, -0.2) is 75.7 Å². The van der Waals surface area contributed by atoms with Crippen LogP contribution >= 0.6 is 11.6 Å². The highest BCUT2D eigenvalue weighted by Gasteiger charge is 2.24. The Kier molecular flexibility index (Phi) is 8.99. The molecule has 0 atom stereocenters. The van der Waals surface area contributed by atoms with Crippen LogP contribution in [0.1, 0.15) is 32.3 Å². The predicted octanol–water partition coefficient (Wildman–Crippen LogP) is 2.95. The second kappa shape index (κ2) is 11.0. The molecule has 2 rings (SSSR count). The predicted molar refractivity (Wildman–Crippen MR) is 117 cm³/mol. The van der Waals surface area contributed by atoms with Gasteiger partial charge in [-0.3, -0.25) is 4.99 Å². The first-order chi connectivity index (χ1) is 13.3. The zero-order valence-electron chi connectivity index (χ0n) is 17.7. The van der Waals surface area contributed by atoms with Gasteiger partial charge in [0.25, 0.3) is 0 Å². The summed E-state index contributed by atoms with van der Waals surface area (Å²) in [4.78, 5) is 9.26. The first-order valence-corrected chi connectivity index (χ1v) is 10.5. The van der Waals surface area contributed by atoms with Crippen molar-refractivity contribution in [2.24, 2.45) is 4.99 Å². The van der Waals surface area contributed by atoms with E-state index < -0.39 is 0 Å². The molecule has 0 spiro atoms. The number of nitrogens with one attached hydrogen (secondary N) is 2. The average Bonchev–Trinajstić information content (AvgIpc) is 2.85. The molecule has 1 aliphatic heterocycles. The van der Waals surface area contributed by atoms with Crippen LogP contribution in [0.3, 0.4) is 0 Å². The van der Waals surface area contributed by atoms with Gasteiger partial charge in [-0.1, -0.05) is 31.5 Å². The number of likely N-dealkylation sites (N-methyl/N-ethyl adjacent to an activating group) is 1. The zero-order valence-corrected chi connectivity index (χ0v) is 18.4. The fourth-order valence-electron chi connectivity index (χ4n) is 3.49.